The Bertz CT molecular complexity index is 458. The van der Waals surface area contributed by atoms with Gasteiger partial charge >= 0.3 is 0 Å². The van der Waals surface area contributed by atoms with E-state index in [-0.39, 0.29) is 11.4 Å². The van der Waals surface area contributed by atoms with Gasteiger partial charge < -0.3 is 16.4 Å². The predicted octanol–water partition coefficient (Wildman–Crippen LogP) is 2.61. The maximum absolute atomic E-state index is 12.2. The van der Waals surface area contributed by atoms with Crippen molar-refractivity contribution in [1.82, 2.24) is 10.3 Å². The SMILES string of the molecule is CC(C)(C)Nc1nc(N)c(C(=O)NC2CCCC2)s1. The molecule has 2 rings (SSSR count). The molecule has 1 saturated carbocycles. The van der Waals surface area contributed by atoms with Gasteiger partial charge in [0.1, 0.15) is 10.7 Å². The van der Waals surface area contributed by atoms with E-state index in [2.05, 4.69) is 15.6 Å². The van der Waals surface area contributed by atoms with Crippen LogP contribution in [0.1, 0.15) is 56.1 Å². The Morgan fingerprint density at radius 2 is 2.00 bits per heavy atom. The quantitative estimate of drug-likeness (QED) is 0.796. The molecule has 5 nitrogen and oxygen atoms in total. The Balaban J connectivity index is 2.04. The Morgan fingerprint density at radius 3 is 2.58 bits per heavy atom. The highest BCUT2D eigenvalue weighted by atomic mass is 32.1. The van der Waals surface area contributed by atoms with Crippen molar-refractivity contribution in [1.29, 1.82) is 0 Å². The topological polar surface area (TPSA) is 80.0 Å². The van der Waals surface area contributed by atoms with Crippen LogP contribution in [0, 0.1) is 0 Å². The molecule has 0 spiro atoms. The summed E-state index contributed by atoms with van der Waals surface area (Å²) < 4.78 is 0. The van der Waals surface area contributed by atoms with Gasteiger partial charge in [0.2, 0.25) is 0 Å². The summed E-state index contributed by atoms with van der Waals surface area (Å²) >= 11 is 1.32. The highest BCUT2D eigenvalue weighted by Crippen LogP contribution is 2.28. The lowest BCUT2D eigenvalue weighted by Gasteiger charge is -2.19. The summed E-state index contributed by atoms with van der Waals surface area (Å²) in [5, 5.41) is 6.97. The van der Waals surface area contributed by atoms with Gasteiger partial charge in [0, 0.05) is 11.6 Å². The van der Waals surface area contributed by atoms with E-state index in [1.165, 1.54) is 24.2 Å². The zero-order valence-electron chi connectivity index (χ0n) is 11.7. The second kappa shape index (κ2) is 5.36. The van der Waals surface area contributed by atoms with Crippen LogP contribution in [-0.2, 0) is 0 Å². The van der Waals surface area contributed by atoms with E-state index in [0.717, 1.165) is 12.8 Å². The standard InChI is InChI=1S/C13H22N4OS/c1-13(2,3)17-12-16-10(14)9(19-12)11(18)15-8-6-4-5-7-8/h8H,4-7,14H2,1-3H3,(H,15,18)(H,16,17). The van der Waals surface area contributed by atoms with E-state index in [9.17, 15) is 4.79 Å². The van der Waals surface area contributed by atoms with Crippen LogP contribution in [-0.4, -0.2) is 22.5 Å². The molecule has 106 valence electrons. The number of carbonyl (C=O) groups excluding carboxylic acids is 1. The van der Waals surface area contributed by atoms with E-state index in [0.29, 0.717) is 21.9 Å². The minimum Gasteiger partial charge on any atom is -0.382 e. The van der Waals surface area contributed by atoms with Gasteiger partial charge in [0.05, 0.1) is 0 Å². The number of amides is 1. The molecule has 1 amide bonds. The number of nitrogens with two attached hydrogens (primary N) is 1. The molecular formula is C13H22N4OS. The molecule has 0 atom stereocenters. The van der Waals surface area contributed by atoms with Gasteiger partial charge in [0.25, 0.3) is 5.91 Å². The molecule has 19 heavy (non-hydrogen) atoms. The summed E-state index contributed by atoms with van der Waals surface area (Å²) in [5.41, 5.74) is 5.74. The van der Waals surface area contributed by atoms with Gasteiger partial charge in [-0.3, -0.25) is 4.79 Å². The van der Waals surface area contributed by atoms with Crippen LogP contribution in [0.15, 0.2) is 0 Å². The number of hydrogen-bond acceptors (Lipinski definition) is 5. The molecule has 0 unspecified atom stereocenters. The van der Waals surface area contributed by atoms with Crippen LogP contribution in [0.2, 0.25) is 0 Å². The molecule has 4 N–H and O–H groups in total. The summed E-state index contributed by atoms with van der Waals surface area (Å²) in [7, 11) is 0. The number of anilines is 2. The van der Waals surface area contributed by atoms with Gasteiger partial charge in [-0.25, -0.2) is 4.98 Å². The second-order valence-electron chi connectivity index (χ2n) is 6.06. The molecule has 1 heterocycles. The van der Waals surface area contributed by atoms with Gasteiger partial charge in [-0.1, -0.05) is 24.2 Å². The third-order valence-electron chi connectivity index (χ3n) is 3.03. The molecule has 1 aliphatic carbocycles. The zero-order valence-corrected chi connectivity index (χ0v) is 12.6. The molecule has 1 fully saturated rings. The number of aromatic nitrogens is 1. The molecule has 1 aromatic rings. The molecule has 0 radical (unpaired) electrons. The van der Waals surface area contributed by atoms with Crippen molar-refractivity contribution < 1.29 is 4.79 Å². The van der Waals surface area contributed by atoms with Crippen LogP contribution in [0.25, 0.3) is 0 Å². The number of nitrogens with zero attached hydrogens (tertiary/aromatic N) is 1. The highest BCUT2D eigenvalue weighted by Gasteiger charge is 2.22. The molecule has 0 bridgehead atoms. The number of nitrogen functional groups attached to an aromatic ring is 1. The van der Waals surface area contributed by atoms with Gasteiger partial charge in [-0.2, -0.15) is 0 Å². The highest BCUT2D eigenvalue weighted by molar-refractivity contribution is 7.18. The van der Waals surface area contributed by atoms with Crippen molar-refractivity contribution in [3.8, 4) is 0 Å². The largest absolute Gasteiger partial charge is 0.382 e. The van der Waals surface area contributed by atoms with Crippen molar-refractivity contribution in [3.63, 3.8) is 0 Å². The van der Waals surface area contributed by atoms with Crippen molar-refractivity contribution in [2.45, 2.75) is 58.0 Å². The fraction of sp³-hybridized carbons (Fsp3) is 0.692. The van der Waals surface area contributed by atoms with E-state index in [1.54, 1.807) is 0 Å². The summed E-state index contributed by atoms with van der Waals surface area (Å²) in [6.45, 7) is 6.13. The molecule has 6 heteroatoms. The molecule has 1 aromatic heterocycles. The minimum atomic E-state index is -0.0938. The average Bonchev–Trinajstić information content (AvgIpc) is 2.85. The van der Waals surface area contributed by atoms with E-state index in [4.69, 9.17) is 5.73 Å². The van der Waals surface area contributed by atoms with Gasteiger partial charge in [-0.15, -0.1) is 0 Å². The Morgan fingerprint density at radius 1 is 1.37 bits per heavy atom. The molecule has 0 aliphatic heterocycles. The molecule has 1 aliphatic rings. The van der Waals surface area contributed by atoms with Crippen LogP contribution in [0.4, 0.5) is 10.9 Å². The number of hydrogen-bond donors (Lipinski definition) is 3. The van der Waals surface area contributed by atoms with Gasteiger partial charge in [0.15, 0.2) is 5.13 Å². The minimum absolute atomic E-state index is 0.0936. The summed E-state index contributed by atoms with van der Waals surface area (Å²) in [6.07, 6.45) is 4.52. The number of carbonyl (C=O) groups is 1. The van der Waals surface area contributed by atoms with E-state index in [1.807, 2.05) is 20.8 Å². The van der Waals surface area contributed by atoms with E-state index < -0.39 is 0 Å². The first-order valence-electron chi connectivity index (χ1n) is 6.70. The number of thiazole rings is 1. The Labute approximate surface area is 118 Å². The predicted molar refractivity (Wildman–Crippen MR) is 79.6 cm³/mol. The summed E-state index contributed by atoms with van der Waals surface area (Å²) in [4.78, 5) is 16.9. The van der Waals surface area contributed by atoms with Gasteiger partial charge in [-0.05, 0) is 33.6 Å². The summed E-state index contributed by atoms with van der Waals surface area (Å²) in [5.74, 6) is 0.219. The third kappa shape index (κ3) is 3.83. The zero-order chi connectivity index (χ0) is 14.0. The third-order valence-corrected chi connectivity index (χ3v) is 4.02. The monoisotopic (exact) mass is 282 g/mol. The summed E-state index contributed by atoms with van der Waals surface area (Å²) in [6, 6.07) is 0.299. The fourth-order valence-corrected chi connectivity index (χ4v) is 3.19. The van der Waals surface area contributed by atoms with Crippen LogP contribution in [0.5, 0.6) is 0 Å². The number of rotatable bonds is 3. The van der Waals surface area contributed by atoms with Crippen LogP contribution in [0.3, 0.4) is 0 Å². The molecule has 0 aromatic carbocycles. The first-order valence-corrected chi connectivity index (χ1v) is 7.52. The lowest BCUT2D eigenvalue weighted by atomic mass is 10.1. The smallest absolute Gasteiger partial charge is 0.265 e. The maximum atomic E-state index is 12.2. The number of nitrogens with one attached hydrogen (secondary N) is 2. The molecular weight excluding hydrogens is 260 g/mol. The average molecular weight is 282 g/mol. The normalized spacial score (nSPS) is 16.6. The Hall–Kier alpha value is -1.30. The fourth-order valence-electron chi connectivity index (χ4n) is 2.19. The van der Waals surface area contributed by atoms with Crippen LogP contribution >= 0.6 is 11.3 Å². The maximum Gasteiger partial charge on any atom is 0.265 e. The first-order chi connectivity index (χ1) is 8.85. The first kappa shape index (κ1) is 14.1. The van der Waals surface area contributed by atoms with Crippen molar-refractivity contribution >= 4 is 28.2 Å². The van der Waals surface area contributed by atoms with E-state index >= 15 is 0 Å². The second-order valence-corrected chi connectivity index (χ2v) is 7.06. The lowest BCUT2D eigenvalue weighted by molar-refractivity contribution is 0.0942. The van der Waals surface area contributed by atoms with Crippen molar-refractivity contribution in [3.05, 3.63) is 4.88 Å². The van der Waals surface area contributed by atoms with Crippen molar-refractivity contribution in [2.24, 2.45) is 0 Å². The molecule has 0 saturated heterocycles. The van der Waals surface area contributed by atoms with Crippen molar-refractivity contribution in [2.75, 3.05) is 11.1 Å². The lowest BCUT2D eigenvalue weighted by Crippen LogP contribution is -2.32. The van der Waals surface area contributed by atoms with Crippen LogP contribution < -0.4 is 16.4 Å². The Kier molecular flexibility index (Phi) is 3.99.